The minimum atomic E-state index is -2.92. The van der Waals surface area contributed by atoms with E-state index in [1.165, 1.54) is 16.6 Å². The number of amides is 1. The second kappa shape index (κ2) is 12.1. The number of alkyl halides is 2. The van der Waals surface area contributed by atoms with Crippen LogP contribution < -0.4 is 14.5 Å². The van der Waals surface area contributed by atoms with E-state index >= 15 is 0 Å². The van der Waals surface area contributed by atoms with E-state index in [2.05, 4.69) is 15.0 Å². The van der Waals surface area contributed by atoms with Crippen molar-refractivity contribution in [2.75, 3.05) is 69.5 Å². The van der Waals surface area contributed by atoms with Crippen molar-refractivity contribution >= 4 is 29.0 Å². The van der Waals surface area contributed by atoms with E-state index in [1.807, 2.05) is 9.80 Å². The molecule has 2 aliphatic rings. The van der Waals surface area contributed by atoms with Crippen molar-refractivity contribution in [3.05, 3.63) is 24.0 Å². The molecule has 216 valence electrons. The highest BCUT2D eigenvalue weighted by Crippen LogP contribution is 2.33. The number of likely N-dealkylation sites (tertiary alicyclic amines) is 1. The first-order valence-corrected chi connectivity index (χ1v) is 13.2. The van der Waals surface area contributed by atoms with E-state index in [4.69, 9.17) is 14.5 Å². The van der Waals surface area contributed by atoms with Gasteiger partial charge in [0.05, 0.1) is 25.8 Å². The fraction of sp³-hybridized carbons (Fsp3) is 0.560. The zero-order chi connectivity index (χ0) is 28.2. The lowest BCUT2D eigenvalue weighted by Crippen LogP contribution is -2.48. The number of imidazole rings is 1. The van der Waals surface area contributed by atoms with Gasteiger partial charge < -0.3 is 34.4 Å². The SMILES string of the molecule is COc1cccc2c1nc(C(F)F)n2-c1nc(N2CCOCC2)nc(N(CCCO)C2CCN(C(=O)O)CC2)n1. The number of benzene rings is 1. The minimum absolute atomic E-state index is 0.0190. The maximum Gasteiger partial charge on any atom is 0.407 e. The van der Waals surface area contributed by atoms with Gasteiger partial charge in [-0.2, -0.15) is 15.0 Å². The molecule has 2 aliphatic heterocycles. The Morgan fingerprint density at radius 3 is 2.50 bits per heavy atom. The van der Waals surface area contributed by atoms with Crippen molar-refractivity contribution in [2.45, 2.75) is 31.7 Å². The van der Waals surface area contributed by atoms with Crippen LogP contribution in [0.5, 0.6) is 5.75 Å². The smallest absolute Gasteiger partial charge is 0.407 e. The maximum atomic E-state index is 14.3. The Labute approximate surface area is 229 Å². The van der Waals surface area contributed by atoms with Crippen LogP contribution in [0.2, 0.25) is 0 Å². The Morgan fingerprint density at radius 1 is 1.12 bits per heavy atom. The number of ether oxygens (including phenoxy) is 2. The van der Waals surface area contributed by atoms with Crippen LogP contribution in [-0.4, -0.2) is 111 Å². The number of nitrogens with zero attached hydrogens (tertiary/aromatic N) is 8. The Kier molecular flexibility index (Phi) is 8.40. The molecule has 13 nitrogen and oxygen atoms in total. The Morgan fingerprint density at radius 2 is 1.85 bits per heavy atom. The molecular weight excluding hydrogens is 530 g/mol. The first kappa shape index (κ1) is 27.7. The monoisotopic (exact) mass is 562 g/mol. The normalized spacial score (nSPS) is 16.6. The minimum Gasteiger partial charge on any atom is -0.494 e. The Bertz CT molecular complexity index is 1330. The molecule has 2 fully saturated rings. The van der Waals surface area contributed by atoms with Gasteiger partial charge in [-0.05, 0) is 31.4 Å². The summed E-state index contributed by atoms with van der Waals surface area (Å²) in [6, 6.07) is 4.86. The van der Waals surface area contributed by atoms with Gasteiger partial charge >= 0.3 is 6.09 Å². The molecule has 1 amide bonds. The molecule has 2 N–H and O–H groups in total. The molecule has 2 saturated heterocycles. The lowest BCUT2D eigenvalue weighted by atomic mass is 10.0. The number of methoxy groups -OCH3 is 1. The molecule has 4 heterocycles. The summed E-state index contributed by atoms with van der Waals surface area (Å²) in [6.07, 6.45) is -2.42. The lowest BCUT2D eigenvalue weighted by molar-refractivity contribution is 0.122. The van der Waals surface area contributed by atoms with Gasteiger partial charge in [0.25, 0.3) is 6.43 Å². The predicted molar refractivity (Wildman–Crippen MR) is 141 cm³/mol. The van der Waals surface area contributed by atoms with E-state index in [0.29, 0.717) is 82.4 Å². The highest BCUT2D eigenvalue weighted by atomic mass is 19.3. The standard InChI is InChI=1S/C25H32F2N8O5/c1-39-18-5-2-4-17-19(18)28-21(20(26)27)35(17)24-30-22(32-11-14-40-15-12-32)29-23(31-24)34(8-3-13-36)16-6-9-33(10-7-16)25(37)38/h2,4-5,16,20,36H,3,6-15H2,1H3,(H,37,38). The predicted octanol–water partition coefficient (Wildman–Crippen LogP) is 2.32. The van der Waals surface area contributed by atoms with Gasteiger partial charge in [0.15, 0.2) is 5.82 Å². The van der Waals surface area contributed by atoms with E-state index in [-0.39, 0.29) is 30.1 Å². The van der Waals surface area contributed by atoms with Gasteiger partial charge in [-0.1, -0.05) is 6.07 Å². The molecule has 0 bridgehead atoms. The van der Waals surface area contributed by atoms with Crippen molar-refractivity contribution in [1.82, 2.24) is 29.4 Å². The number of anilines is 2. The number of carbonyl (C=O) groups is 1. The summed E-state index contributed by atoms with van der Waals surface area (Å²) in [5.41, 5.74) is 0.616. The fourth-order valence-corrected chi connectivity index (χ4v) is 5.15. The molecule has 2 aromatic heterocycles. The van der Waals surface area contributed by atoms with E-state index in [1.54, 1.807) is 18.2 Å². The summed E-state index contributed by atoms with van der Waals surface area (Å²) in [5.74, 6) is 0.371. The van der Waals surface area contributed by atoms with Crippen LogP contribution in [0.25, 0.3) is 17.0 Å². The number of aliphatic hydroxyl groups excluding tert-OH is 1. The number of piperidine rings is 1. The topological polar surface area (TPSA) is 142 Å². The first-order chi connectivity index (χ1) is 19.4. The van der Waals surface area contributed by atoms with Gasteiger partial charge in [0.1, 0.15) is 11.3 Å². The van der Waals surface area contributed by atoms with Crippen molar-refractivity contribution in [1.29, 1.82) is 0 Å². The van der Waals surface area contributed by atoms with Crippen LogP contribution in [0.3, 0.4) is 0 Å². The highest BCUT2D eigenvalue weighted by Gasteiger charge is 2.31. The molecule has 0 saturated carbocycles. The van der Waals surface area contributed by atoms with E-state index in [9.17, 15) is 23.8 Å². The van der Waals surface area contributed by atoms with Crippen molar-refractivity contribution in [3.8, 4) is 11.7 Å². The number of hydrogen-bond donors (Lipinski definition) is 2. The molecule has 0 unspecified atom stereocenters. The van der Waals surface area contributed by atoms with Crippen LogP contribution in [0.4, 0.5) is 25.5 Å². The molecule has 3 aromatic rings. The number of morpholine rings is 1. The first-order valence-electron chi connectivity index (χ1n) is 13.2. The van der Waals surface area contributed by atoms with Gasteiger partial charge in [-0.15, -0.1) is 0 Å². The molecule has 0 spiro atoms. The zero-order valence-electron chi connectivity index (χ0n) is 22.1. The highest BCUT2D eigenvalue weighted by molar-refractivity contribution is 5.84. The van der Waals surface area contributed by atoms with E-state index < -0.39 is 18.3 Å². The number of aromatic nitrogens is 5. The number of rotatable bonds is 9. The third-order valence-corrected chi connectivity index (χ3v) is 7.17. The van der Waals surface area contributed by atoms with Crippen molar-refractivity contribution in [3.63, 3.8) is 0 Å². The van der Waals surface area contributed by atoms with E-state index in [0.717, 1.165) is 0 Å². The van der Waals surface area contributed by atoms with Gasteiger partial charge in [0, 0.05) is 45.4 Å². The second-order valence-corrected chi connectivity index (χ2v) is 9.54. The number of carboxylic acid groups (broad SMARTS) is 1. The molecule has 0 aliphatic carbocycles. The molecule has 0 radical (unpaired) electrons. The van der Waals surface area contributed by atoms with Gasteiger partial charge in [-0.25, -0.2) is 18.6 Å². The summed E-state index contributed by atoms with van der Waals surface area (Å²) < 4.78 is 40.8. The molecule has 5 rings (SSSR count). The number of fused-ring (bicyclic) bond motifs is 1. The van der Waals surface area contributed by atoms with Crippen LogP contribution in [-0.2, 0) is 4.74 Å². The van der Waals surface area contributed by atoms with Gasteiger partial charge in [0.2, 0.25) is 17.8 Å². The quantitative estimate of drug-likeness (QED) is 0.397. The van der Waals surface area contributed by atoms with Crippen LogP contribution in [0.1, 0.15) is 31.5 Å². The number of para-hydroxylation sites is 1. The summed E-state index contributed by atoms with van der Waals surface area (Å²) in [7, 11) is 1.45. The lowest BCUT2D eigenvalue weighted by Gasteiger charge is -2.38. The molecule has 40 heavy (non-hydrogen) atoms. The van der Waals surface area contributed by atoms with Crippen LogP contribution >= 0.6 is 0 Å². The van der Waals surface area contributed by atoms with Crippen molar-refractivity contribution in [2.24, 2.45) is 0 Å². The molecular formula is C25H32F2N8O5. The molecule has 15 heteroatoms. The third-order valence-electron chi connectivity index (χ3n) is 7.17. The van der Waals surface area contributed by atoms with Crippen molar-refractivity contribution < 1.29 is 33.3 Å². The number of aliphatic hydroxyl groups is 1. The largest absolute Gasteiger partial charge is 0.494 e. The molecule has 0 atom stereocenters. The third kappa shape index (κ3) is 5.56. The summed E-state index contributed by atoms with van der Waals surface area (Å²) in [4.78, 5) is 34.9. The second-order valence-electron chi connectivity index (χ2n) is 9.54. The summed E-state index contributed by atoms with van der Waals surface area (Å²) in [6.45, 7) is 2.95. The van der Waals surface area contributed by atoms with Crippen LogP contribution in [0.15, 0.2) is 18.2 Å². The average molecular weight is 563 g/mol. The number of hydrogen-bond acceptors (Lipinski definition) is 10. The Balaban J connectivity index is 1.64. The van der Waals surface area contributed by atoms with Crippen LogP contribution in [0, 0.1) is 0 Å². The average Bonchev–Trinajstić information content (AvgIpc) is 3.38. The zero-order valence-corrected chi connectivity index (χ0v) is 22.1. The van der Waals surface area contributed by atoms with Gasteiger partial charge in [-0.3, -0.25) is 4.57 Å². The summed E-state index contributed by atoms with van der Waals surface area (Å²) >= 11 is 0. The number of halogens is 2. The Hall–Kier alpha value is -3.85. The molecule has 1 aromatic carbocycles. The fourth-order valence-electron chi connectivity index (χ4n) is 5.15. The maximum absolute atomic E-state index is 14.3. The summed E-state index contributed by atoms with van der Waals surface area (Å²) in [5, 5.41) is 19.0.